The van der Waals surface area contributed by atoms with Crippen LogP contribution in [0.2, 0.25) is 0 Å². The molecule has 3 amide bonds. The monoisotopic (exact) mass is 347 g/mol. The molecule has 0 bridgehead atoms. The molecule has 1 aromatic rings. The first-order valence-corrected chi connectivity index (χ1v) is 9.01. The van der Waals surface area contributed by atoms with E-state index in [-0.39, 0.29) is 24.5 Å². The van der Waals surface area contributed by atoms with Crippen molar-refractivity contribution < 1.29 is 14.3 Å². The van der Waals surface area contributed by atoms with Crippen LogP contribution in [-0.4, -0.2) is 49.6 Å². The summed E-state index contributed by atoms with van der Waals surface area (Å²) in [7, 11) is 1.83. The Hall–Kier alpha value is -2.08. The van der Waals surface area contributed by atoms with Crippen molar-refractivity contribution in [3.05, 3.63) is 29.8 Å². The van der Waals surface area contributed by atoms with Gasteiger partial charge in [-0.3, -0.25) is 15.0 Å². The summed E-state index contributed by atoms with van der Waals surface area (Å²) in [6.45, 7) is 3.28. The summed E-state index contributed by atoms with van der Waals surface area (Å²) in [5, 5.41) is 5.28. The molecule has 1 saturated carbocycles. The number of aryl methyl sites for hydroxylation is 1. The van der Waals surface area contributed by atoms with Crippen LogP contribution in [0.1, 0.15) is 37.7 Å². The fraction of sp³-hybridized carbons (Fsp3) is 0.579. The molecule has 2 rings (SSSR count). The molecule has 0 atom stereocenters. The van der Waals surface area contributed by atoms with E-state index in [1.54, 1.807) is 0 Å². The summed E-state index contributed by atoms with van der Waals surface area (Å²) in [6.07, 6.45) is 5.51. The van der Waals surface area contributed by atoms with Crippen molar-refractivity contribution in [3.8, 4) is 5.75 Å². The lowest BCUT2D eigenvalue weighted by molar-refractivity contribution is -0.120. The lowest BCUT2D eigenvalue weighted by Gasteiger charge is -2.23. The minimum Gasteiger partial charge on any atom is -0.492 e. The van der Waals surface area contributed by atoms with Crippen LogP contribution < -0.4 is 15.4 Å². The number of imide groups is 1. The Balaban J connectivity index is 1.60. The second-order valence-electron chi connectivity index (χ2n) is 6.76. The van der Waals surface area contributed by atoms with E-state index in [1.165, 1.54) is 12.0 Å². The van der Waals surface area contributed by atoms with Crippen LogP contribution in [-0.2, 0) is 4.79 Å². The Morgan fingerprint density at radius 2 is 1.84 bits per heavy atom. The molecule has 0 saturated heterocycles. The Bertz CT molecular complexity index is 554. The van der Waals surface area contributed by atoms with Gasteiger partial charge in [0.05, 0.1) is 6.54 Å². The Morgan fingerprint density at radius 3 is 2.52 bits per heavy atom. The van der Waals surface area contributed by atoms with E-state index >= 15 is 0 Å². The summed E-state index contributed by atoms with van der Waals surface area (Å²) in [5.41, 5.74) is 1.19. The summed E-state index contributed by atoms with van der Waals surface area (Å²) < 4.78 is 5.64. The number of hydrogen-bond acceptors (Lipinski definition) is 4. The Morgan fingerprint density at radius 1 is 1.16 bits per heavy atom. The SMILES string of the molecule is Cc1ccc(OCCN(C)CC(=O)NC(=O)NC2CCCCC2)cc1. The zero-order chi connectivity index (χ0) is 18.1. The van der Waals surface area contributed by atoms with Gasteiger partial charge in [0.25, 0.3) is 0 Å². The molecule has 25 heavy (non-hydrogen) atoms. The number of amides is 3. The second kappa shape index (κ2) is 10.0. The van der Waals surface area contributed by atoms with Crippen LogP contribution in [0.15, 0.2) is 24.3 Å². The van der Waals surface area contributed by atoms with Gasteiger partial charge in [0.1, 0.15) is 12.4 Å². The molecule has 0 radical (unpaired) electrons. The van der Waals surface area contributed by atoms with Gasteiger partial charge in [-0.1, -0.05) is 37.0 Å². The first-order chi connectivity index (χ1) is 12.0. The standard InChI is InChI=1S/C19H29N3O3/c1-15-8-10-17(11-9-15)25-13-12-22(2)14-18(23)21-19(24)20-16-6-4-3-5-7-16/h8-11,16H,3-7,12-14H2,1-2H3,(H2,20,21,23,24). The number of rotatable bonds is 7. The van der Waals surface area contributed by atoms with Gasteiger partial charge in [-0.25, -0.2) is 4.79 Å². The minimum atomic E-state index is -0.388. The van der Waals surface area contributed by atoms with Crippen molar-refractivity contribution in [1.82, 2.24) is 15.5 Å². The molecule has 0 spiro atoms. The van der Waals surface area contributed by atoms with Gasteiger partial charge in [0, 0.05) is 12.6 Å². The van der Waals surface area contributed by atoms with Gasteiger partial charge in [-0.15, -0.1) is 0 Å². The first-order valence-electron chi connectivity index (χ1n) is 9.01. The molecule has 1 aromatic carbocycles. The van der Waals surface area contributed by atoms with E-state index < -0.39 is 0 Å². The second-order valence-corrected chi connectivity index (χ2v) is 6.76. The van der Waals surface area contributed by atoms with Gasteiger partial charge in [-0.05, 0) is 38.9 Å². The highest BCUT2D eigenvalue weighted by Gasteiger charge is 2.17. The highest BCUT2D eigenvalue weighted by atomic mass is 16.5. The molecular formula is C19H29N3O3. The van der Waals surface area contributed by atoms with Crippen molar-refractivity contribution in [3.63, 3.8) is 0 Å². The van der Waals surface area contributed by atoms with Crippen LogP contribution in [0.25, 0.3) is 0 Å². The summed E-state index contributed by atoms with van der Waals surface area (Å²) in [5.74, 6) is 0.515. The lowest BCUT2D eigenvalue weighted by atomic mass is 9.96. The molecule has 0 unspecified atom stereocenters. The number of nitrogens with one attached hydrogen (secondary N) is 2. The normalized spacial score (nSPS) is 15.0. The van der Waals surface area contributed by atoms with Crippen molar-refractivity contribution in [2.45, 2.75) is 45.1 Å². The molecule has 6 nitrogen and oxygen atoms in total. The van der Waals surface area contributed by atoms with E-state index in [1.807, 2.05) is 43.1 Å². The van der Waals surface area contributed by atoms with Crippen molar-refractivity contribution in [2.24, 2.45) is 0 Å². The zero-order valence-electron chi connectivity index (χ0n) is 15.2. The van der Waals surface area contributed by atoms with Gasteiger partial charge in [0.15, 0.2) is 0 Å². The molecule has 138 valence electrons. The number of ether oxygens (including phenoxy) is 1. The number of hydrogen-bond donors (Lipinski definition) is 2. The smallest absolute Gasteiger partial charge is 0.321 e. The molecule has 0 aromatic heterocycles. The predicted molar refractivity (Wildman–Crippen MR) is 97.7 cm³/mol. The van der Waals surface area contributed by atoms with Gasteiger partial charge < -0.3 is 10.1 Å². The molecule has 6 heteroatoms. The fourth-order valence-electron chi connectivity index (χ4n) is 2.91. The summed E-state index contributed by atoms with van der Waals surface area (Å²) in [6, 6.07) is 7.66. The number of nitrogens with zero attached hydrogens (tertiary/aromatic N) is 1. The third-order valence-corrected chi connectivity index (χ3v) is 4.37. The third kappa shape index (κ3) is 7.56. The number of carbonyl (C=O) groups excluding carboxylic acids is 2. The van der Waals surface area contributed by atoms with Crippen molar-refractivity contribution in [1.29, 1.82) is 0 Å². The van der Waals surface area contributed by atoms with Crippen molar-refractivity contribution in [2.75, 3.05) is 26.7 Å². The molecule has 0 aliphatic heterocycles. The number of likely N-dealkylation sites (N-methyl/N-ethyl adjacent to an activating group) is 1. The summed E-state index contributed by atoms with van der Waals surface area (Å²) in [4.78, 5) is 25.6. The van der Waals surface area contributed by atoms with E-state index in [0.29, 0.717) is 13.2 Å². The van der Waals surface area contributed by atoms with Crippen LogP contribution in [0.3, 0.4) is 0 Å². The predicted octanol–water partition coefficient (Wildman–Crippen LogP) is 2.46. The number of urea groups is 1. The van der Waals surface area contributed by atoms with Gasteiger partial charge in [-0.2, -0.15) is 0 Å². The lowest BCUT2D eigenvalue weighted by Crippen LogP contribution is -2.47. The number of carbonyl (C=O) groups is 2. The van der Waals surface area contributed by atoms with Crippen LogP contribution in [0.4, 0.5) is 4.79 Å². The minimum absolute atomic E-state index is 0.162. The first kappa shape index (κ1) is 19.2. The highest BCUT2D eigenvalue weighted by Crippen LogP contribution is 2.17. The average Bonchev–Trinajstić information content (AvgIpc) is 2.57. The van der Waals surface area contributed by atoms with Crippen LogP contribution >= 0.6 is 0 Å². The quantitative estimate of drug-likeness (QED) is 0.795. The Kier molecular flexibility index (Phi) is 7.73. The molecule has 1 aliphatic rings. The molecule has 1 fully saturated rings. The summed E-state index contributed by atoms with van der Waals surface area (Å²) >= 11 is 0. The molecular weight excluding hydrogens is 318 g/mol. The largest absolute Gasteiger partial charge is 0.492 e. The maximum absolute atomic E-state index is 11.9. The Labute approximate surface area is 149 Å². The third-order valence-electron chi connectivity index (χ3n) is 4.37. The maximum Gasteiger partial charge on any atom is 0.321 e. The topological polar surface area (TPSA) is 70.7 Å². The fourth-order valence-corrected chi connectivity index (χ4v) is 2.91. The highest BCUT2D eigenvalue weighted by molar-refractivity contribution is 5.95. The van der Waals surface area contributed by atoms with Crippen LogP contribution in [0, 0.1) is 6.92 Å². The van der Waals surface area contributed by atoms with E-state index in [2.05, 4.69) is 10.6 Å². The maximum atomic E-state index is 11.9. The zero-order valence-corrected chi connectivity index (χ0v) is 15.2. The van der Waals surface area contributed by atoms with E-state index in [0.717, 1.165) is 31.4 Å². The van der Waals surface area contributed by atoms with Crippen LogP contribution in [0.5, 0.6) is 5.75 Å². The molecule has 0 heterocycles. The van der Waals surface area contributed by atoms with E-state index in [9.17, 15) is 9.59 Å². The molecule has 2 N–H and O–H groups in total. The number of benzene rings is 1. The van der Waals surface area contributed by atoms with E-state index in [4.69, 9.17) is 4.74 Å². The van der Waals surface area contributed by atoms with Gasteiger partial charge >= 0.3 is 6.03 Å². The average molecular weight is 347 g/mol. The van der Waals surface area contributed by atoms with Crippen molar-refractivity contribution >= 4 is 11.9 Å². The van der Waals surface area contributed by atoms with Gasteiger partial charge in [0.2, 0.25) is 5.91 Å². The molecule has 1 aliphatic carbocycles.